The maximum atomic E-state index is 12.0. The molecule has 0 unspecified atom stereocenters. The Morgan fingerprint density at radius 1 is 1.25 bits per heavy atom. The van der Waals surface area contributed by atoms with Crippen molar-refractivity contribution in [2.75, 3.05) is 5.32 Å². The highest BCUT2D eigenvalue weighted by molar-refractivity contribution is 7.89. The van der Waals surface area contributed by atoms with Crippen molar-refractivity contribution in [2.24, 2.45) is 0 Å². The molecule has 3 N–H and O–H groups in total. The van der Waals surface area contributed by atoms with E-state index in [2.05, 4.69) is 20.0 Å². The third kappa shape index (κ3) is 3.17. The van der Waals surface area contributed by atoms with Gasteiger partial charge in [-0.05, 0) is 37.1 Å². The van der Waals surface area contributed by atoms with Crippen LogP contribution in [0.1, 0.15) is 18.5 Å². The minimum Gasteiger partial charge on any atom is -0.379 e. The lowest BCUT2D eigenvalue weighted by Crippen LogP contribution is -2.25. The van der Waals surface area contributed by atoms with Crippen molar-refractivity contribution in [3.05, 3.63) is 42.5 Å². The Bertz CT molecular complexity index is 661. The molecule has 1 heterocycles. The second-order valence-corrected chi connectivity index (χ2v) is 6.56. The first-order chi connectivity index (χ1) is 9.63. The lowest BCUT2D eigenvalue weighted by Gasteiger charge is -2.08. The van der Waals surface area contributed by atoms with Crippen LogP contribution in [0, 0.1) is 0 Å². The highest BCUT2D eigenvalue weighted by Gasteiger charge is 2.27. The lowest BCUT2D eigenvalue weighted by molar-refractivity contribution is 0.581. The predicted molar refractivity (Wildman–Crippen MR) is 75.7 cm³/mol. The highest BCUT2D eigenvalue weighted by Crippen LogP contribution is 2.22. The third-order valence-corrected chi connectivity index (χ3v) is 4.64. The molecule has 1 aromatic heterocycles. The number of H-pyrrole nitrogens is 1. The number of aromatic amines is 1. The normalized spacial score (nSPS) is 15.2. The van der Waals surface area contributed by atoms with E-state index in [4.69, 9.17) is 0 Å². The van der Waals surface area contributed by atoms with Crippen LogP contribution >= 0.6 is 0 Å². The van der Waals surface area contributed by atoms with Crippen molar-refractivity contribution in [3.63, 3.8) is 0 Å². The molecule has 2 aromatic rings. The number of anilines is 1. The summed E-state index contributed by atoms with van der Waals surface area (Å²) >= 11 is 0. The maximum absolute atomic E-state index is 12.0. The van der Waals surface area contributed by atoms with Gasteiger partial charge in [-0.25, -0.2) is 18.1 Å². The van der Waals surface area contributed by atoms with E-state index in [1.54, 1.807) is 36.8 Å². The summed E-state index contributed by atoms with van der Waals surface area (Å²) in [5, 5.41) is 3.19. The maximum Gasteiger partial charge on any atom is 0.240 e. The van der Waals surface area contributed by atoms with Gasteiger partial charge in [-0.15, -0.1) is 0 Å². The Hall–Kier alpha value is -1.86. The fourth-order valence-corrected chi connectivity index (χ4v) is 3.12. The van der Waals surface area contributed by atoms with Gasteiger partial charge in [0.2, 0.25) is 10.0 Å². The Balaban J connectivity index is 1.64. The SMILES string of the molecule is O=S(=O)(NC1CC1)c1ccc(NCc2cnc[nH]2)cc1. The number of sulfonamides is 1. The summed E-state index contributed by atoms with van der Waals surface area (Å²) < 4.78 is 26.6. The van der Waals surface area contributed by atoms with Crippen molar-refractivity contribution >= 4 is 15.7 Å². The molecule has 20 heavy (non-hydrogen) atoms. The van der Waals surface area contributed by atoms with Gasteiger partial charge in [0.15, 0.2) is 0 Å². The first kappa shape index (κ1) is 13.1. The molecular formula is C13H16N4O2S. The minimum absolute atomic E-state index is 0.123. The number of aromatic nitrogens is 2. The minimum atomic E-state index is -3.37. The average molecular weight is 292 g/mol. The summed E-state index contributed by atoms with van der Waals surface area (Å²) in [7, 11) is -3.37. The molecule has 6 nitrogen and oxygen atoms in total. The molecule has 0 amide bonds. The summed E-state index contributed by atoms with van der Waals surface area (Å²) in [6, 6.07) is 6.87. The topological polar surface area (TPSA) is 86.9 Å². The van der Waals surface area contributed by atoms with Gasteiger partial charge < -0.3 is 10.3 Å². The van der Waals surface area contributed by atoms with Crippen LogP contribution < -0.4 is 10.0 Å². The largest absolute Gasteiger partial charge is 0.379 e. The summed E-state index contributed by atoms with van der Waals surface area (Å²) in [6.45, 7) is 0.617. The number of imidazole rings is 1. The van der Waals surface area contributed by atoms with Gasteiger partial charge in [-0.1, -0.05) is 0 Å². The van der Waals surface area contributed by atoms with E-state index in [0.29, 0.717) is 11.4 Å². The first-order valence-electron chi connectivity index (χ1n) is 6.47. The number of nitrogens with zero attached hydrogens (tertiary/aromatic N) is 1. The molecule has 0 atom stereocenters. The van der Waals surface area contributed by atoms with Crippen LogP contribution in [0.2, 0.25) is 0 Å². The Labute approximate surface area is 117 Å². The van der Waals surface area contributed by atoms with E-state index in [1.807, 2.05) is 0 Å². The summed E-state index contributed by atoms with van der Waals surface area (Å²) in [4.78, 5) is 7.23. The zero-order valence-electron chi connectivity index (χ0n) is 10.8. The quantitative estimate of drug-likeness (QED) is 0.752. The molecule has 0 radical (unpaired) electrons. The molecule has 1 saturated carbocycles. The number of benzene rings is 1. The Morgan fingerprint density at radius 3 is 2.60 bits per heavy atom. The molecule has 0 bridgehead atoms. The molecule has 7 heteroatoms. The summed E-state index contributed by atoms with van der Waals surface area (Å²) in [5.74, 6) is 0. The second kappa shape index (κ2) is 5.26. The molecule has 0 aliphatic heterocycles. The standard InChI is InChI=1S/C13H16N4O2S/c18-20(19,17-11-1-2-11)13-5-3-10(4-6-13)15-8-12-7-14-9-16-12/h3-7,9,11,15,17H,1-2,8H2,(H,14,16). The first-order valence-corrected chi connectivity index (χ1v) is 7.95. The zero-order chi connectivity index (χ0) is 14.0. The third-order valence-electron chi connectivity index (χ3n) is 3.10. The van der Waals surface area contributed by atoms with Gasteiger partial charge in [0, 0.05) is 17.9 Å². The van der Waals surface area contributed by atoms with Crippen LogP contribution in [0.3, 0.4) is 0 Å². The number of hydrogen-bond acceptors (Lipinski definition) is 4. The van der Waals surface area contributed by atoms with E-state index in [0.717, 1.165) is 24.2 Å². The van der Waals surface area contributed by atoms with Crippen molar-refractivity contribution in [1.29, 1.82) is 0 Å². The summed E-state index contributed by atoms with van der Waals surface area (Å²) in [5.41, 5.74) is 1.84. The van der Waals surface area contributed by atoms with Gasteiger partial charge in [0.1, 0.15) is 0 Å². The molecule has 1 fully saturated rings. The van der Waals surface area contributed by atoms with Crippen molar-refractivity contribution in [1.82, 2.24) is 14.7 Å². The fraction of sp³-hybridized carbons (Fsp3) is 0.308. The molecule has 1 aromatic carbocycles. The predicted octanol–water partition coefficient (Wildman–Crippen LogP) is 1.46. The zero-order valence-corrected chi connectivity index (χ0v) is 11.7. The Kier molecular flexibility index (Phi) is 3.45. The van der Waals surface area contributed by atoms with Crippen LogP contribution in [0.25, 0.3) is 0 Å². The molecule has 1 aliphatic carbocycles. The van der Waals surface area contributed by atoms with Gasteiger partial charge in [-0.3, -0.25) is 0 Å². The highest BCUT2D eigenvalue weighted by atomic mass is 32.2. The average Bonchev–Trinajstić information content (AvgIpc) is 3.08. The second-order valence-electron chi connectivity index (χ2n) is 4.85. The van der Waals surface area contributed by atoms with Crippen LogP contribution in [-0.4, -0.2) is 24.4 Å². The van der Waals surface area contributed by atoms with Crippen LogP contribution in [0.4, 0.5) is 5.69 Å². The van der Waals surface area contributed by atoms with E-state index in [9.17, 15) is 8.42 Å². The molecule has 0 spiro atoms. The lowest BCUT2D eigenvalue weighted by atomic mass is 10.3. The number of rotatable bonds is 6. The smallest absolute Gasteiger partial charge is 0.240 e. The fourth-order valence-electron chi connectivity index (χ4n) is 1.82. The van der Waals surface area contributed by atoms with Crippen LogP contribution in [0.15, 0.2) is 41.7 Å². The van der Waals surface area contributed by atoms with Gasteiger partial charge in [0.25, 0.3) is 0 Å². The molecule has 1 aliphatic rings. The van der Waals surface area contributed by atoms with Crippen molar-refractivity contribution in [3.8, 4) is 0 Å². The molecule has 106 valence electrons. The molecular weight excluding hydrogens is 276 g/mol. The Morgan fingerprint density at radius 2 is 2.00 bits per heavy atom. The van der Waals surface area contributed by atoms with E-state index in [-0.39, 0.29) is 6.04 Å². The number of nitrogens with one attached hydrogen (secondary N) is 3. The van der Waals surface area contributed by atoms with Crippen molar-refractivity contribution < 1.29 is 8.42 Å². The van der Waals surface area contributed by atoms with Crippen LogP contribution in [0.5, 0.6) is 0 Å². The van der Waals surface area contributed by atoms with E-state index >= 15 is 0 Å². The van der Waals surface area contributed by atoms with Gasteiger partial charge >= 0.3 is 0 Å². The monoisotopic (exact) mass is 292 g/mol. The molecule has 3 rings (SSSR count). The van der Waals surface area contributed by atoms with E-state index < -0.39 is 10.0 Å². The van der Waals surface area contributed by atoms with Gasteiger partial charge in [0.05, 0.1) is 23.5 Å². The summed E-state index contributed by atoms with van der Waals surface area (Å²) in [6.07, 6.45) is 5.23. The van der Waals surface area contributed by atoms with Crippen LogP contribution in [-0.2, 0) is 16.6 Å². The van der Waals surface area contributed by atoms with Gasteiger partial charge in [-0.2, -0.15) is 0 Å². The van der Waals surface area contributed by atoms with Crippen molar-refractivity contribution in [2.45, 2.75) is 30.3 Å². The van der Waals surface area contributed by atoms with E-state index in [1.165, 1.54) is 0 Å². The molecule has 0 saturated heterocycles. The number of hydrogen-bond donors (Lipinski definition) is 3.